The van der Waals surface area contributed by atoms with Crippen molar-refractivity contribution in [2.45, 2.75) is 13.0 Å². The van der Waals surface area contributed by atoms with Crippen LogP contribution in [0.3, 0.4) is 0 Å². The summed E-state index contributed by atoms with van der Waals surface area (Å²) in [5, 5.41) is 5.81. The van der Waals surface area contributed by atoms with Crippen LogP contribution in [0.2, 0.25) is 0 Å². The number of hydrogen-bond acceptors (Lipinski definition) is 3. The first-order valence-corrected chi connectivity index (χ1v) is 8.36. The van der Waals surface area contributed by atoms with Crippen molar-refractivity contribution in [1.82, 2.24) is 15.5 Å². The summed E-state index contributed by atoms with van der Waals surface area (Å²) < 4.78 is 0. The quantitative estimate of drug-likeness (QED) is 0.815. The third-order valence-corrected chi connectivity index (χ3v) is 3.88. The van der Waals surface area contributed by atoms with Crippen LogP contribution in [0.15, 0.2) is 54.6 Å². The Morgan fingerprint density at radius 2 is 1.60 bits per heavy atom. The molecule has 0 aliphatic carbocycles. The maximum atomic E-state index is 12.5. The second kappa shape index (κ2) is 8.99. The van der Waals surface area contributed by atoms with Gasteiger partial charge < -0.3 is 15.5 Å². The van der Waals surface area contributed by atoms with E-state index in [4.69, 9.17) is 0 Å². The lowest BCUT2D eigenvalue weighted by molar-refractivity contribution is 0.0940. The van der Waals surface area contributed by atoms with E-state index in [0.29, 0.717) is 17.7 Å². The van der Waals surface area contributed by atoms with Gasteiger partial charge in [0.1, 0.15) is 0 Å². The van der Waals surface area contributed by atoms with Crippen molar-refractivity contribution < 1.29 is 9.59 Å². The number of rotatable bonds is 7. The predicted molar refractivity (Wildman–Crippen MR) is 99.7 cm³/mol. The molecule has 132 valence electrons. The van der Waals surface area contributed by atoms with Crippen molar-refractivity contribution in [3.8, 4) is 0 Å². The standard InChI is InChI=1S/C20H25N3O2/c1-15(16-8-5-4-6-9-16)22-20(25)18-11-7-10-17(14-18)19(24)21-12-13-23(2)3/h4-11,14-15H,12-13H2,1-3H3,(H,21,24)(H,22,25). The molecule has 2 aromatic rings. The first-order chi connectivity index (χ1) is 12.0. The van der Waals surface area contributed by atoms with Gasteiger partial charge in [-0.05, 0) is 44.8 Å². The molecule has 0 radical (unpaired) electrons. The van der Waals surface area contributed by atoms with Gasteiger partial charge >= 0.3 is 0 Å². The number of carbonyl (C=O) groups excluding carboxylic acids is 2. The molecule has 2 aromatic carbocycles. The molecule has 2 N–H and O–H groups in total. The van der Waals surface area contributed by atoms with Gasteiger partial charge in [-0.2, -0.15) is 0 Å². The molecular formula is C20H25N3O2. The fourth-order valence-corrected chi connectivity index (χ4v) is 2.40. The third kappa shape index (κ3) is 5.72. The van der Waals surface area contributed by atoms with Crippen LogP contribution in [0.5, 0.6) is 0 Å². The van der Waals surface area contributed by atoms with Gasteiger partial charge in [0.2, 0.25) is 0 Å². The summed E-state index contributed by atoms with van der Waals surface area (Å²) in [6, 6.07) is 16.4. The first-order valence-electron chi connectivity index (χ1n) is 8.36. The lowest BCUT2D eigenvalue weighted by atomic mass is 10.1. The Balaban J connectivity index is 2.00. The van der Waals surface area contributed by atoms with Gasteiger partial charge in [0.05, 0.1) is 6.04 Å². The minimum absolute atomic E-state index is 0.105. The van der Waals surface area contributed by atoms with Gasteiger partial charge in [-0.3, -0.25) is 9.59 Å². The molecular weight excluding hydrogens is 314 g/mol. The summed E-state index contributed by atoms with van der Waals surface area (Å²) >= 11 is 0. The van der Waals surface area contributed by atoms with Crippen molar-refractivity contribution in [3.05, 3.63) is 71.3 Å². The molecule has 1 unspecified atom stereocenters. The van der Waals surface area contributed by atoms with E-state index in [1.807, 2.05) is 56.3 Å². The second-order valence-corrected chi connectivity index (χ2v) is 6.25. The molecule has 0 saturated heterocycles. The Morgan fingerprint density at radius 3 is 2.24 bits per heavy atom. The minimum atomic E-state index is -0.195. The third-order valence-electron chi connectivity index (χ3n) is 3.88. The summed E-state index contributed by atoms with van der Waals surface area (Å²) in [5.41, 5.74) is 2.00. The van der Waals surface area contributed by atoms with Crippen molar-refractivity contribution >= 4 is 11.8 Å². The number of benzene rings is 2. The number of nitrogens with one attached hydrogen (secondary N) is 2. The van der Waals surface area contributed by atoms with Crippen molar-refractivity contribution in [1.29, 1.82) is 0 Å². The second-order valence-electron chi connectivity index (χ2n) is 6.25. The van der Waals surface area contributed by atoms with Crippen molar-refractivity contribution in [3.63, 3.8) is 0 Å². The van der Waals surface area contributed by atoms with E-state index in [1.54, 1.807) is 24.3 Å². The number of hydrogen-bond donors (Lipinski definition) is 2. The molecule has 5 heteroatoms. The zero-order chi connectivity index (χ0) is 18.2. The number of nitrogens with zero attached hydrogens (tertiary/aromatic N) is 1. The Labute approximate surface area is 149 Å². The average Bonchev–Trinajstić information content (AvgIpc) is 2.62. The molecule has 0 fully saturated rings. The van der Waals surface area contributed by atoms with Gasteiger partial charge in [0.25, 0.3) is 11.8 Å². The van der Waals surface area contributed by atoms with Gasteiger partial charge in [0, 0.05) is 24.2 Å². The van der Waals surface area contributed by atoms with Crippen LogP contribution >= 0.6 is 0 Å². The molecule has 5 nitrogen and oxygen atoms in total. The maximum Gasteiger partial charge on any atom is 0.251 e. The lowest BCUT2D eigenvalue weighted by Gasteiger charge is -2.15. The number of carbonyl (C=O) groups is 2. The van der Waals surface area contributed by atoms with Gasteiger partial charge in [0.15, 0.2) is 0 Å². The SMILES string of the molecule is CC(NC(=O)c1cccc(C(=O)NCCN(C)C)c1)c1ccccc1. The molecule has 0 aliphatic rings. The summed E-state index contributed by atoms with van der Waals surface area (Å²) in [7, 11) is 3.90. The predicted octanol–water partition coefficient (Wildman–Crippen LogP) is 2.47. The highest BCUT2D eigenvalue weighted by molar-refractivity contribution is 5.99. The summed E-state index contributed by atoms with van der Waals surface area (Å²) in [6.45, 7) is 3.26. The van der Waals surface area contributed by atoms with Gasteiger partial charge in [-0.25, -0.2) is 0 Å². The highest BCUT2D eigenvalue weighted by Crippen LogP contribution is 2.13. The van der Waals surface area contributed by atoms with Crippen LogP contribution in [0.25, 0.3) is 0 Å². The van der Waals surface area contributed by atoms with Crippen LogP contribution < -0.4 is 10.6 Å². The maximum absolute atomic E-state index is 12.5. The molecule has 0 bridgehead atoms. The first kappa shape index (κ1) is 18.7. The average molecular weight is 339 g/mol. The van der Waals surface area contributed by atoms with E-state index in [-0.39, 0.29) is 17.9 Å². The summed E-state index contributed by atoms with van der Waals surface area (Å²) in [5.74, 6) is -0.369. The number of amides is 2. The monoisotopic (exact) mass is 339 g/mol. The fraction of sp³-hybridized carbons (Fsp3) is 0.300. The smallest absolute Gasteiger partial charge is 0.251 e. The minimum Gasteiger partial charge on any atom is -0.351 e. The molecule has 0 saturated carbocycles. The van der Waals surface area contributed by atoms with Crippen molar-refractivity contribution in [2.24, 2.45) is 0 Å². The van der Waals surface area contributed by atoms with Crippen LogP contribution in [-0.4, -0.2) is 43.9 Å². The van der Waals surface area contributed by atoms with E-state index in [0.717, 1.165) is 12.1 Å². The largest absolute Gasteiger partial charge is 0.351 e. The van der Waals surface area contributed by atoms with Gasteiger partial charge in [-0.1, -0.05) is 36.4 Å². The molecule has 0 aromatic heterocycles. The molecule has 0 heterocycles. The molecule has 2 amide bonds. The summed E-state index contributed by atoms with van der Waals surface area (Å²) in [4.78, 5) is 26.6. The van der Waals surface area contributed by atoms with Gasteiger partial charge in [-0.15, -0.1) is 0 Å². The van der Waals surface area contributed by atoms with Crippen LogP contribution in [-0.2, 0) is 0 Å². The molecule has 1 atom stereocenters. The highest BCUT2D eigenvalue weighted by atomic mass is 16.2. The van der Waals surface area contributed by atoms with E-state index in [1.165, 1.54) is 0 Å². The van der Waals surface area contributed by atoms with E-state index < -0.39 is 0 Å². The Hall–Kier alpha value is -2.66. The molecule has 0 aliphatic heterocycles. The molecule has 2 rings (SSSR count). The molecule has 25 heavy (non-hydrogen) atoms. The van der Waals surface area contributed by atoms with Crippen LogP contribution in [0, 0.1) is 0 Å². The van der Waals surface area contributed by atoms with Crippen LogP contribution in [0.1, 0.15) is 39.2 Å². The van der Waals surface area contributed by atoms with E-state index in [2.05, 4.69) is 10.6 Å². The normalized spacial score (nSPS) is 11.8. The summed E-state index contributed by atoms with van der Waals surface area (Å²) in [6.07, 6.45) is 0. The number of likely N-dealkylation sites (N-methyl/N-ethyl adjacent to an activating group) is 1. The lowest BCUT2D eigenvalue weighted by Crippen LogP contribution is -2.31. The van der Waals surface area contributed by atoms with E-state index in [9.17, 15) is 9.59 Å². The highest BCUT2D eigenvalue weighted by Gasteiger charge is 2.13. The van der Waals surface area contributed by atoms with Crippen LogP contribution in [0.4, 0.5) is 0 Å². The molecule has 0 spiro atoms. The topological polar surface area (TPSA) is 61.4 Å². The van der Waals surface area contributed by atoms with E-state index >= 15 is 0 Å². The Morgan fingerprint density at radius 1 is 0.960 bits per heavy atom. The van der Waals surface area contributed by atoms with Crippen molar-refractivity contribution in [2.75, 3.05) is 27.2 Å². The zero-order valence-electron chi connectivity index (χ0n) is 15.0. The fourth-order valence-electron chi connectivity index (χ4n) is 2.40. The Kier molecular flexibility index (Phi) is 6.71. The zero-order valence-corrected chi connectivity index (χ0v) is 15.0. The Bertz CT molecular complexity index is 714.